The molecule has 3 aromatic rings. The highest BCUT2D eigenvalue weighted by Gasteiger charge is 2.13. The number of nitrogens with zero attached hydrogens (tertiary/aromatic N) is 1. The van der Waals surface area contributed by atoms with E-state index in [9.17, 15) is 9.90 Å². The van der Waals surface area contributed by atoms with Crippen molar-refractivity contribution in [1.29, 1.82) is 0 Å². The summed E-state index contributed by atoms with van der Waals surface area (Å²) in [7, 11) is 0. The Balaban J connectivity index is 1.97. The Hall–Kier alpha value is -3.08. The number of pyridine rings is 1. The largest absolute Gasteiger partial charge is 0.506 e. The first-order chi connectivity index (χ1) is 11.1. The van der Waals surface area contributed by atoms with Crippen molar-refractivity contribution in [2.75, 3.05) is 0 Å². The van der Waals surface area contributed by atoms with Crippen molar-refractivity contribution in [3.8, 4) is 22.6 Å². The van der Waals surface area contributed by atoms with E-state index in [0.717, 1.165) is 16.5 Å². The van der Waals surface area contributed by atoms with E-state index in [1.54, 1.807) is 24.4 Å². The number of carboxylic acid groups (broad SMARTS) is 1. The van der Waals surface area contributed by atoms with Crippen LogP contribution in [0.5, 0.6) is 11.5 Å². The van der Waals surface area contributed by atoms with Crippen molar-refractivity contribution >= 4 is 16.9 Å². The van der Waals surface area contributed by atoms with Crippen molar-refractivity contribution in [3.05, 3.63) is 54.7 Å². The lowest BCUT2D eigenvalue weighted by Gasteiger charge is -2.12. The normalized spacial score (nSPS) is 12.0. The number of carboxylic acids is 1. The van der Waals surface area contributed by atoms with Crippen LogP contribution in [0.25, 0.3) is 22.0 Å². The molecule has 0 fully saturated rings. The van der Waals surface area contributed by atoms with Gasteiger partial charge in [0.2, 0.25) is 0 Å². The Labute approximate surface area is 132 Å². The van der Waals surface area contributed by atoms with Crippen LogP contribution in [0.1, 0.15) is 6.92 Å². The minimum atomic E-state index is -1.01. The summed E-state index contributed by atoms with van der Waals surface area (Å²) in [6.45, 7) is 1.48. The van der Waals surface area contributed by atoms with Gasteiger partial charge in [-0.05, 0) is 48.4 Å². The summed E-state index contributed by atoms with van der Waals surface area (Å²) in [5.74, 6) is -0.380. The number of rotatable bonds is 4. The fourth-order valence-electron chi connectivity index (χ4n) is 2.38. The molecule has 116 valence electrons. The molecule has 23 heavy (non-hydrogen) atoms. The minimum Gasteiger partial charge on any atom is -0.506 e. The van der Waals surface area contributed by atoms with Crippen molar-refractivity contribution in [3.63, 3.8) is 0 Å². The van der Waals surface area contributed by atoms with E-state index < -0.39 is 12.1 Å². The third-order valence-corrected chi connectivity index (χ3v) is 3.57. The Morgan fingerprint density at radius 3 is 2.57 bits per heavy atom. The van der Waals surface area contributed by atoms with Gasteiger partial charge in [0.05, 0.1) is 0 Å². The van der Waals surface area contributed by atoms with E-state index in [1.165, 1.54) is 6.92 Å². The molecule has 0 spiro atoms. The Bertz CT molecular complexity index is 859. The smallest absolute Gasteiger partial charge is 0.344 e. The number of aliphatic carboxylic acids is 1. The molecule has 0 radical (unpaired) electrons. The van der Waals surface area contributed by atoms with Gasteiger partial charge in [-0.3, -0.25) is 4.98 Å². The molecule has 0 aliphatic heterocycles. The molecule has 1 heterocycles. The molecule has 0 saturated heterocycles. The Morgan fingerprint density at radius 2 is 1.87 bits per heavy atom. The molecular formula is C18H15NO4. The molecule has 3 rings (SSSR count). The number of carbonyl (C=O) groups is 1. The number of fused-ring (bicyclic) bond motifs is 1. The average molecular weight is 309 g/mol. The van der Waals surface area contributed by atoms with E-state index in [-0.39, 0.29) is 5.75 Å². The standard InChI is InChI=1S/C18H15NO4/c1-11(18(21)22)23-13-6-4-12(5-7-13)14-8-9-16(20)17-15(14)3-2-10-19-17/h2-11,20H,1H3,(H,21,22). The molecule has 1 unspecified atom stereocenters. The van der Waals surface area contributed by atoms with Crippen LogP contribution >= 0.6 is 0 Å². The molecule has 2 N–H and O–H groups in total. The van der Waals surface area contributed by atoms with Crippen molar-refractivity contribution in [2.45, 2.75) is 13.0 Å². The third-order valence-electron chi connectivity index (χ3n) is 3.57. The number of hydrogen-bond donors (Lipinski definition) is 2. The van der Waals surface area contributed by atoms with E-state index >= 15 is 0 Å². The van der Waals surface area contributed by atoms with E-state index in [1.807, 2.05) is 30.3 Å². The van der Waals surface area contributed by atoms with Crippen LogP contribution in [0.3, 0.4) is 0 Å². The van der Waals surface area contributed by atoms with Crippen LogP contribution < -0.4 is 4.74 Å². The number of hydrogen-bond acceptors (Lipinski definition) is 4. The van der Waals surface area contributed by atoms with Gasteiger partial charge in [-0.25, -0.2) is 4.79 Å². The van der Waals surface area contributed by atoms with Gasteiger partial charge in [-0.2, -0.15) is 0 Å². The maximum absolute atomic E-state index is 10.8. The minimum absolute atomic E-state index is 0.139. The zero-order chi connectivity index (χ0) is 16.4. The SMILES string of the molecule is CC(Oc1ccc(-c2ccc(O)c3ncccc23)cc1)C(=O)O. The van der Waals surface area contributed by atoms with Gasteiger partial charge in [-0.1, -0.05) is 18.2 Å². The fraction of sp³-hybridized carbons (Fsp3) is 0.111. The first-order valence-electron chi connectivity index (χ1n) is 7.13. The Kier molecular flexibility index (Phi) is 3.85. The lowest BCUT2D eigenvalue weighted by Crippen LogP contribution is -2.22. The number of phenolic OH excluding ortho intramolecular Hbond substituents is 1. The second-order valence-corrected chi connectivity index (χ2v) is 5.15. The molecule has 5 nitrogen and oxygen atoms in total. The topological polar surface area (TPSA) is 79.7 Å². The van der Waals surface area contributed by atoms with Crippen LogP contribution in [-0.4, -0.2) is 27.3 Å². The molecule has 0 amide bonds. The van der Waals surface area contributed by atoms with Crippen molar-refractivity contribution in [2.24, 2.45) is 0 Å². The van der Waals surface area contributed by atoms with Gasteiger partial charge in [-0.15, -0.1) is 0 Å². The van der Waals surface area contributed by atoms with Crippen LogP contribution in [0, 0.1) is 0 Å². The maximum atomic E-state index is 10.8. The fourth-order valence-corrected chi connectivity index (χ4v) is 2.38. The van der Waals surface area contributed by atoms with E-state index in [2.05, 4.69) is 4.98 Å². The molecular weight excluding hydrogens is 294 g/mol. The molecule has 1 atom stereocenters. The number of aromatic hydroxyl groups is 1. The quantitative estimate of drug-likeness (QED) is 0.771. The number of phenols is 1. The summed E-state index contributed by atoms with van der Waals surface area (Å²) < 4.78 is 5.32. The second-order valence-electron chi connectivity index (χ2n) is 5.15. The molecule has 0 aliphatic rings. The number of aromatic nitrogens is 1. The maximum Gasteiger partial charge on any atom is 0.344 e. The highest BCUT2D eigenvalue weighted by atomic mass is 16.5. The van der Waals surface area contributed by atoms with Crippen LogP contribution in [0.15, 0.2) is 54.7 Å². The molecule has 1 aromatic heterocycles. The van der Waals surface area contributed by atoms with Gasteiger partial charge in [0.15, 0.2) is 6.10 Å². The molecule has 2 aromatic carbocycles. The van der Waals surface area contributed by atoms with Crippen LogP contribution in [0.4, 0.5) is 0 Å². The zero-order valence-corrected chi connectivity index (χ0v) is 12.4. The summed E-state index contributed by atoms with van der Waals surface area (Å²) in [6.07, 6.45) is 0.732. The number of ether oxygens (including phenoxy) is 1. The van der Waals surface area contributed by atoms with Gasteiger partial charge in [0.25, 0.3) is 0 Å². The lowest BCUT2D eigenvalue weighted by atomic mass is 10.00. The highest BCUT2D eigenvalue weighted by Crippen LogP contribution is 2.33. The Morgan fingerprint density at radius 1 is 1.13 bits per heavy atom. The van der Waals surface area contributed by atoms with Gasteiger partial charge in [0, 0.05) is 11.6 Å². The zero-order valence-electron chi connectivity index (χ0n) is 12.4. The van der Waals surface area contributed by atoms with E-state index in [0.29, 0.717) is 11.3 Å². The molecule has 5 heteroatoms. The van der Waals surface area contributed by atoms with E-state index in [4.69, 9.17) is 9.84 Å². The summed E-state index contributed by atoms with van der Waals surface area (Å²) in [5, 5.41) is 19.6. The first kappa shape index (κ1) is 14.8. The molecule has 0 aliphatic carbocycles. The monoisotopic (exact) mass is 309 g/mol. The molecule has 0 bridgehead atoms. The lowest BCUT2D eigenvalue weighted by molar-refractivity contribution is -0.144. The van der Waals surface area contributed by atoms with Crippen molar-refractivity contribution < 1.29 is 19.7 Å². The second kappa shape index (κ2) is 5.96. The van der Waals surface area contributed by atoms with Gasteiger partial charge >= 0.3 is 5.97 Å². The van der Waals surface area contributed by atoms with Gasteiger partial charge < -0.3 is 14.9 Å². The van der Waals surface area contributed by atoms with Gasteiger partial charge in [0.1, 0.15) is 17.0 Å². The van der Waals surface area contributed by atoms with Crippen LogP contribution in [0.2, 0.25) is 0 Å². The summed E-state index contributed by atoms with van der Waals surface area (Å²) in [4.78, 5) is 15.0. The summed E-state index contributed by atoms with van der Waals surface area (Å²) in [5.41, 5.74) is 2.41. The summed E-state index contributed by atoms with van der Waals surface area (Å²) >= 11 is 0. The highest BCUT2D eigenvalue weighted by molar-refractivity contribution is 5.97. The number of benzene rings is 2. The van der Waals surface area contributed by atoms with Crippen molar-refractivity contribution in [1.82, 2.24) is 4.98 Å². The first-order valence-corrected chi connectivity index (χ1v) is 7.13. The predicted octanol–water partition coefficient (Wildman–Crippen LogP) is 3.46. The predicted molar refractivity (Wildman–Crippen MR) is 86.6 cm³/mol. The molecule has 0 saturated carbocycles. The average Bonchev–Trinajstić information content (AvgIpc) is 2.56. The van der Waals surface area contributed by atoms with Crippen LogP contribution in [-0.2, 0) is 4.79 Å². The third kappa shape index (κ3) is 2.94. The summed E-state index contributed by atoms with van der Waals surface area (Å²) in [6, 6.07) is 14.3.